The molecule has 1 atom stereocenters. The molecule has 19 heavy (non-hydrogen) atoms. The van der Waals surface area contributed by atoms with Crippen LogP contribution in [0.1, 0.15) is 26.7 Å². The molecule has 5 heteroatoms. The van der Waals surface area contributed by atoms with E-state index in [2.05, 4.69) is 19.2 Å². The number of halogens is 2. The molecule has 0 fully saturated rings. The van der Waals surface area contributed by atoms with Gasteiger partial charge in [-0.15, -0.1) is 0 Å². The van der Waals surface area contributed by atoms with Gasteiger partial charge in [-0.25, -0.2) is 0 Å². The number of carbonyl (C=O) groups excluding carboxylic acids is 1. The largest absolute Gasteiger partial charge is 0.330 e. The Morgan fingerprint density at radius 3 is 2.63 bits per heavy atom. The van der Waals surface area contributed by atoms with E-state index in [1.165, 1.54) is 0 Å². The van der Waals surface area contributed by atoms with Gasteiger partial charge in [0.1, 0.15) is 0 Å². The molecule has 0 radical (unpaired) electrons. The molecule has 1 aromatic rings. The lowest BCUT2D eigenvalue weighted by Crippen LogP contribution is -2.23. The monoisotopic (exact) mass is 302 g/mol. The van der Waals surface area contributed by atoms with Crippen LogP contribution in [0.2, 0.25) is 10.0 Å². The standard InChI is InChI=1S/C14H20Cl2N2O/c1-9(2)5-10(8-17)6-14(19)18-13-7-11(15)3-4-12(13)16/h3-4,7,9-10H,5-6,8,17H2,1-2H3,(H,18,19)/t10-/m0/s1. The second-order valence-corrected chi connectivity index (χ2v) is 5.95. The zero-order valence-electron chi connectivity index (χ0n) is 11.2. The highest BCUT2D eigenvalue weighted by Gasteiger charge is 2.15. The van der Waals surface area contributed by atoms with Crippen molar-refractivity contribution in [3.8, 4) is 0 Å². The van der Waals surface area contributed by atoms with Crippen LogP contribution in [0, 0.1) is 11.8 Å². The quantitative estimate of drug-likeness (QED) is 0.836. The number of nitrogens with one attached hydrogen (secondary N) is 1. The van der Waals surface area contributed by atoms with E-state index in [9.17, 15) is 4.79 Å². The minimum Gasteiger partial charge on any atom is -0.330 e. The summed E-state index contributed by atoms with van der Waals surface area (Å²) >= 11 is 11.9. The molecule has 0 unspecified atom stereocenters. The van der Waals surface area contributed by atoms with Crippen LogP contribution in [-0.2, 0) is 4.79 Å². The number of anilines is 1. The first-order valence-corrected chi connectivity index (χ1v) is 7.13. The van der Waals surface area contributed by atoms with E-state index in [0.717, 1.165) is 6.42 Å². The van der Waals surface area contributed by atoms with Gasteiger partial charge in [0, 0.05) is 11.4 Å². The van der Waals surface area contributed by atoms with Gasteiger partial charge >= 0.3 is 0 Å². The number of rotatable bonds is 6. The lowest BCUT2D eigenvalue weighted by molar-refractivity contribution is -0.117. The number of hydrogen-bond donors (Lipinski definition) is 2. The van der Waals surface area contributed by atoms with Gasteiger partial charge in [0.2, 0.25) is 5.91 Å². The summed E-state index contributed by atoms with van der Waals surface area (Å²) in [5.74, 6) is 0.634. The van der Waals surface area contributed by atoms with E-state index in [1.54, 1.807) is 18.2 Å². The van der Waals surface area contributed by atoms with Crippen molar-refractivity contribution in [1.29, 1.82) is 0 Å². The Morgan fingerprint density at radius 1 is 1.37 bits per heavy atom. The summed E-state index contributed by atoms with van der Waals surface area (Å²) in [4.78, 5) is 12.0. The summed E-state index contributed by atoms with van der Waals surface area (Å²) < 4.78 is 0. The number of nitrogens with two attached hydrogens (primary N) is 1. The van der Waals surface area contributed by atoms with Gasteiger partial charge in [-0.1, -0.05) is 37.0 Å². The fourth-order valence-corrected chi connectivity index (χ4v) is 2.32. The van der Waals surface area contributed by atoms with Crippen molar-refractivity contribution >= 4 is 34.8 Å². The van der Waals surface area contributed by atoms with Crippen molar-refractivity contribution < 1.29 is 4.79 Å². The Morgan fingerprint density at radius 2 is 2.05 bits per heavy atom. The van der Waals surface area contributed by atoms with Crippen LogP contribution in [0.4, 0.5) is 5.69 Å². The Kier molecular flexibility index (Phi) is 6.63. The summed E-state index contributed by atoms with van der Waals surface area (Å²) in [5.41, 5.74) is 6.23. The summed E-state index contributed by atoms with van der Waals surface area (Å²) in [6, 6.07) is 4.98. The maximum atomic E-state index is 12.0. The summed E-state index contributed by atoms with van der Waals surface area (Å²) in [5, 5.41) is 3.80. The van der Waals surface area contributed by atoms with Crippen molar-refractivity contribution in [2.75, 3.05) is 11.9 Å². The van der Waals surface area contributed by atoms with Gasteiger partial charge in [-0.05, 0) is 43.0 Å². The molecule has 1 aromatic carbocycles. The molecule has 3 nitrogen and oxygen atoms in total. The van der Waals surface area contributed by atoms with E-state index >= 15 is 0 Å². The first kappa shape index (κ1) is 16.3. The smallest absolute Gasteiger partial charge is 0.224 e. The second-order valence-electron chi connectivity index (χ2n) is 5.11. The molecule has 1 rings (SSSR count). The summed E-state index contributed by atoms with van der Waals surface area (Å²) in [6.07, 6.45) is 1.34. The van der Waals surface area contributed by atoms with Gasteiger partial charge < -0.3 is 11.1 Å². The van der Waals surface area contributed by atoms with Crippen molar-refractivity contribution in [3.63, 3.8) is 0 Å². The van der Waals surface area contributed by atoms with Gasteiger partial charge in [-0.3, -0.25) is 4.79 Å². The van der Waals surface area contributed by atoms with E-state index < -0.39 is 0 Å². The van der Waals surface area contributed by atoms with E-state index in [4.69, 9.17) is 28.9 Å². The molecule has 0 aromatic heterocycles. The van der Waals surface area contributed by atoms with E-state index in [-0.39, 0.29) is 11.8 Å². The first-order valence-electron chi connectivity index (χ1n) is 6.37. The predicted octanol–water partition coefficient (Wildman–Crippen LogP) is 3.94. The van der Waals surface area contributed by atoms with Gasteiger partial charge in [0.15, 0.2) is 0 Å². The van der Waals surface area contributed by atoms with Crippen molar-refractivity contribution in [2.45, 2.75) is 26.7 Å². The number of amides is 1. The Hall–Kier alpha value is -0.770. The van der Waals surface area contributed by atoms with Gasteiger partial charge in [-0.2, -0.15) is 0 Å². The van der Waals surface area contributed by atoms with E-state index in [1.807, 2.05) is 0 Å². The molecule has 106 valence electrons. The van der Waals surface area contributed by atoms with Crippen LogP contribution < -0.4 is 11.1 Å². The second kappa shape index (κ2) is 7.73. The van der Waals surface area contributed by atoms with Crippen LogP contribution in [0.5, 0.6) is 0 Å². The van der Waals surface area contributed by atoms with Gasteiger partial charge in [0.25, 0.3) is 0 Å². The Bertz CT molecular complexity index is 435. The molecule has 0 aliphatic heterocycles. The van der Waals surface area contributed by atoms with Crippen LogP contribution in [0.25, 0.3) is 0 Å². The molecular weight excluding hydrogens is 283 g/mol. The average molecular weight is 303 g/mol. The molecule has 0 aliphatic rings. The summed E-state index contributed by atoms with van der Waals surface area (Å²) in [6.45, 7) is 4.75. The third kappa shape index (κ3) is 5.81. The minimum atomic E-state index is -0.0831. The maximum absolute atomic E-state index is 12.0. The highest BCUT2D eigenvalue weighted by molar-refractivity contribution is 6.35. The minimum absolute atomic E-state index is 0.0831. The highest BCUT2D eigenvalue weighted by atomic mass is 35.5. The van der Waals surface area contributed by atoms with Crippen LogP contribution in [-0.4, -0.2) is 12.5 Å². The molecule has 0 bridgehead atoms. The molecule has 3 N–H and O–H groups in total. The lowest BCUT2D eigenvalue weighted by Gasteiger charge is -2.17. The maximum Gasteiger partial charge on any atom is 0.224 e. The van der Waals surface area contributed by atoms with Crippen molar-refractivity contribution in [3.05, 3.63) is 28.2 Å². The zero-order chi connectivity index (χ0) is 14.4. The average Bonchev–Trinajstić information content (AvgIpc) is 2.32. The van der Waals surface area contributed by atoms with Crippen LogP contribution in [0.3, 0.4) is 0 Å². The zero-order valence-corrected chi connectivity index (χ0v) is 12.8. The molecular formula is C14H20Cl2N2O. The number of benzene rings is 1. The third-order valence-electron chi connectivity index (χ3n) is 2.81. The fourth-order valence-electron chi connectivity index (χ4n) is 1.99. The number of hydrogen-bond acceptors (Lipinski definition) is 2. The van der Waals surface area contributed by atoms with Crippen molar-refractivity contribution in [2.24, 2.45) is 17.6 Å². The van der Waals surface area contributed by atoms with Gasteiger partial charge in [0.05, 0.1) is 10.7 Å². The fraction of sp³-hybridized carbons (Fsp3) is 0.500. The van der Waals surface area contributed by atoms with Crippen molar-refractivity contribution in [1.82, 2.24) is 0 Å². The molecule has 1 amide bonds. The number of carbonyl (C=O) groups is 1. The molecule has 0 spiro atoms. The molecule has 0 saturated heterocycles. The SMILES string of the molecule is CC(C)C[C@H](CN)CC(=O)Nc1cc(Cl)ccc1Cl. The van der Waals surface area contributed by atoms with Crippen LogP contribution in [0.15, 0.2) is 18.2 Å². The lowest BCUT2D eigenvalue weighted by atomic mass is 9.94. The third-order valence-corrected chi connectivity index (χ3v) is 3.38. The molecule has 0 saturated carbocycles. The molecule has 0 aliphatic carbocycles. The topological polar surface area (TPSA) is 55.1 Å². The predicted molar refractivity (Wildman–Crippen MR) is 81.7 cm³/mol. The first-order chi connectivity index (χ1) is 8.92. The summed E-state index contributed by atoms with van der Waals surface area (Å²) in [7, 11) is 0. The van der Waals surface area contributed by atoms with Crippen LogP contribution >= 0.6 is 23.2 Å². The molecule has 0 heterocycles. The highest BCUT2D eigenvalue weighted by Crippen LogP contribution is 2.26. The van der Waals surface area contributed by atoms with E-state index in [0.29, 0.717) is 34.6 Å². The Labute approximate surface area is 124 Å². The normalized spacial score (nSPS) is 12.5. The Balaban J connectivity index is 2.61.